The van der Waals surface area contributed by atoms with Crippen molar-refractivity contribution in [2.24, 2.45) is 46.3 Å². The first-order valence-electron chi connectivity index (χ1n) is 10.4. The molecule has 0 N–H and O–H groups in total. The lowest BCUT2D eigenvalue weighted by atomic mass is 9.65. The van der Waals surface area contributed by atoms with Crippen LogP contribution in [0.15, 0.2) is 39.9 Å². The highest BCUT2D eigenvalue weighted by Gasteiger charge is 3.05. The molecule has 10 atom stereocenters. The normalized spacial score (nSPS) is 55.4. The van der Waals surface area contributed by atoms with E-state index in [4.69, 9.17) is 0 Å². The van der Waals surface area contributed by atoms with Gasteiger partial charge in [-0.3, -0.25) is 0 Å². The number of alkyl halides is 2. The Bertz CT molecular complexity index is 1200. The number of rotatable bonds is 1. The van der Waals surface area contributed by atoms with Crippen molar-refractivity contribution in [3.05, 3.63) is 51.3 Å². The number of benzene rings is 1. The summed E-state index contributed by atoms with van der Waals surface area (Å²) in [6.07, 6.45) is 2.44. The molecule has 2 aromatic rings. The first kappa shape index (κ1) is 14.8. The first-order chi connectivity index (χ1) is 13.5. The molecule has 28 heavy (non-hydrogen) atoms. The standard InChI is InChI=1S/C21H17Br2N3O2/c22-21(23)9-6-19-14-11-12-13(11)16(20(14,19)7-10(9)21)26-18(28)24(8-4-2-1-3-5-8)17(27)25(26)15(12)19/h1-5,9-16H,6-7H2/t9-,10+,11?,12?,13?,14?,15?,16?,19?,20?. The molecule has 10 rings (SSSR count). The summed E-state index contributed by atoms with van der Waals surface area (Å²) in [5.74, 6) is 4.20. The zero-order valence-corrected chi connectivity index (χ0v) is 18.0. The molecule has 6 fully saturated rings. The Morgan fingerprint density at radius 3 is 1.89 bits per heavy atom. The van der Waals surface area contributed by atoms with E-state index < -0.39 is 0 Å². The van der Waals surface area contributed by atoms with Crippen LogP contribution in [0.4, 0.5) is 0 Å². The summed E-state index contributed by atoms with van der Waals surface area (Å²) in [7, 11) is 0. The number of hydrogen-bond donors (Lipinski definition) is 0. The fraction of sp³-hybridized carbons (Fsp3) is 0.619. The van der Waals surface area contributed by atoms with Crippen molar-refractivity contribution in [1.82, 2.24) is 13.9 Å². The van der Waals surface area contributed by atoms with E-state index >= 15 is 0 Å². The number of aromatic nitrogens is 3. The molecular formula is C21H17Br2N3O2. The Kier molecular flexibility index (Phi) is 1.96. The van der Waals surface area contributed by atoms with Crippen LogP contribution in [0.25, 0.3) is 5.69 Å². The summed E-state index contributed by atoms with van der Waals surface area (Å²) < 4.78 is 5.38. The average molecular weight is 503 g/mol. The summed E-state index contributed by atoms with van der Waals surface area (Å²) in [4.78, 5) is 27.1. The lowest BCUT2D eigenvalue weighted by Crippen LogP contribution is -2.53. The number of halogens is 2. The second-order valence-electron chi connectivity index (χ2n) is 10.4. The van der Waals surface area contributed by atoms with Gasteiger partial charge in [-0.05, 0) is 60.5 Å². The van der Waals surface area contributed by atoms with Gasteiger partial charge in [0.05, 0.1) is 21.0 Å². The Morgan fingerprint density at radius 2 is 1.36 bits per heavy atom. The Hall–Kier alpha value is -1.08. The minimum atomic E-state index is -0.118. The van der Waals surface area contributed by atoms with Crippen LogP contribution in [0.3, 0.4) is 0 Å². The Labute approximate surface area is 176 Å². The summed E-state index contributed by atoms with van der Waals surface area (Å²) >= 11 is 7.86. The van der Waals surface area contributed by atoms with Crippen LogP contribution < -0.4 is 11.4 Å². The SMILES string of the molecule is O=c1n(-c2ccccc2)c(=O)n2n1C1C3C4C3C3C15C[C@@H]1[C@H](CC35C42)C1(Br)Br. The van der Waals surface area contributed by atoms with E-state index in [9.17, 15) is 9.59 Å². The molecular weight excluding hydrogens is 486 g/mol. The quantitative estimate of drug-likeness (QED) is 0.563. The first-order valence-corrected chi connectivity index (χ1v) is 12.0. The highest BCUT2D eigenvalue weighted by atomic mass is 79.9. The van der Waals surface area contributed by atoms with E-state index in [0.717, 1.165) is 11.8 Å². The Morgan fingerprint density at radius 1 is 0.821 bits per heavy atom. The largest absolute Gasteiger partial charge is 0.352 e. The summed E-state index contributed by atoms with van der Waals surface area (Å²) in [6, 6.07) is 9.95. The van der Waals surface area contributed by atoms with Crippen molar-refractivity contribution in [3.8, 4) is 5.69 Å². The molecule has 6 saturated carbocycles. The van der Waals surface area contributed by atoms with Gasteiger partial charge in [0.25, 0.3) is 0 Å². The zero-order chi connectivity index (χ0) is 18.5. The average Bonchev–Trinajstić information content (AvgIpc) is 3.56. The predicted molar refractivity (Wildman–Crippen MR) is 108 cm³/mol. The molecule has 1 aromatic carbocycles. The van der Waals surface area contributed by atoms with Crippen LogP contribution in [-0.2, 0) is 0 Å². The third kappa shape index (κ3) is 1.06. The van der Waals surface area contributed by atoms with E-state index in [1.807, 2.05) is 39.7 Å². The van der Waals surface area contributed by atoms with Crippen molar-refractivity contribution in [2.75, 3.05) is 0 Å². The number of para-hydroxylation sites is 1. The molecule has 7 heteroatoms. The van der Waals surface area contributed by atoms with E-state index in [1.54, 1.807) is 0 Å². The second-order valence-corrected chi connectivity index (χ2v) is 14.1. The fourth-order valence-electron chi connectivity index (χ4n) is 9.81. The minimum Gasteiger partial charge on any atom is -0.245 e. The van der Waals surface area contributed by atoms with Gasteiger partial charge in [-0.25, -0.2) is 23.5 Å². The summed E-state index contributed by atoms with van der Waals surface area (Å²) in [5, 5.41) is 0. The zero-order valence-electron chi connectivity index (χ0n) is 14.8. The molecule has 2 bridgehead atoms. The molecule has 0 radical (unpaired) electrons. The third-order valence-electron chi connectivity index (χ3n) is 10.3. The molecule has 0 amide bonds. The van der Waals surface area contributed by atoms with Crippen molar-refractivity contribution in [2.45, 2.75) is 28.2 Å². The maximum Gasteiger partial charge on any atom is 0.352 e. The molecule has 3 heterocycles. The van der Waals surface area contributed by atoms with Crippen LogP contribution >= 0.6 is 31.9 Å². The molecule has 8 unspecified atom stereocenters. The molecule has 1 aromatic heterocycles. The maximum atomic E-state index is 13.5. The lowest BCUT2D eigenvalue weighted by molar-refractivity contribution is -0.0268. The molecule has 5 nitrogen and oxygen atoms in total. The van der Waals surface area contributed by atoms with Crippen molar-refractivity contribution in [1.29, 1.82) is 0 Å². The maximum absolute atomic E-state index is 13.5. The number of fused-ring (bicyclic) bond motifs is 1. The molecule has 2 spiro atoms. The molecule has 8 aliphatic rings. The van der Waals surface area contributed by atoms with Gasteiger partial charge < -0.3 is 0 Å². The summed E-state index contributed by atoms with van der Waals surface area (Å²) in [5.41, 5.74) is 1.03. The second kappa shape index (κ2) is 3.70. The van der Waals surface area contributed by atoms with E-state index in [-0.39, 0.29) is 37.5 Å². The van der Waals surface area contributed by atoms with E-state index in [2.05, 4.69) is 31.9 Å². The van der Waals surface area contributed by atoms with Gasteiger partial charge in [-0.1, -0.05) is 50.1 Å². The van der Waals surface area contributed by atoms with Crippen molar-refractivity contribution >= 4 is 31.9 Å². The van der Waals surface area contributed by atoms with Crippen LogP contribution in [0, 0.1) is 46.3 Å². The van der Waals surface area contributed by atoms with Crippen molar-refractivity contribution in [3.63, 3.8) is 0 Å². The van der Waals surface area contributed by atoms with Crippen LogP contribution in [0.1, 0.15) is 24.9 Å². The van der Waals surface area contributed by atoms with Gasteiger partial charge in [0, 0.05) is 10.8 Å². The molecule has 0 saturated heterocycles. The van der Waals surface area contributed by atoms with E-state index in [0.29, 0.717) is 29.4 Å². The molecule has 6 aliphatic carbocycles. The lowest BCUT2D eigenvalue weighted by Gasteiger charge is -2.50. The predicted octanol–water partition coefficient (Wildman–Crippen LogP) is 2.91. The van der Waals surface area contributed by atoms with Crippen molar-refractivity contribution < 1.29 is 0 Å². The van der Waals surface area contributed by atoms with Crippen LogP contribution in [0.5, 0.6) is 0 Å². The molecule has 142 valence electrons. The topological polar surface area (TPSA) is 48.9 Å². The third-order valence-corrected chi connectivity index (χ3v) is 12.6. The van der Waals surface area contributed by atoms with Gasteiger partial charge in [0.2, 0.25) is 0 Å². The van der Waals surface area contributed by atoms with Gasteiger partial charge >= 0.3 is 11.4 Å². The number of hydrogen-bond acceptors (Lipinski definition) is 2. The van der Waals surface area contributed by atoms with Gasteiger partial charge in [0.1, 0.15) is 0 Å². The summed E-state index contributed by atoms with van der Waals surface area (Å²) in [6.45, 7) is 0. The fourth-order valence-corrected chi connectivity index (χ4v) is 11.5. The number of nitrogens with zero attached hydrogens (tertiary/aromatic N) is 3. The van der Waals surface area contributed by atoms with Gasteiger partial charge in [-0.15, -0.1) is 0 Å². The smallest absolute Gasteiger partial charge is 0.245 e. The van der Waals surface area contributed by atoms with Gasteiger partial charge in [0.15, 0.2) is 0 Å². The van der Waals surface area contributed by atoms with E-state index in [1.165, 1.54) is 17.4 Å². The molecule has 2 aliphatic heterocycles. The highest BCUT2D eigenvalue weighted by Crippen LogP contribution is 3.06. The van der Waals surface area contributed by atoms with Gasteiger partial charge in [-0.2, -0.15) is 0 Å². The van der Waals surface area contributed by atoms with Crippen LogP contribution in [0.2, 0.25) is 0 Å². The monoisotopic (exact) mass is 501 g/mol. The minimum absolute atomic E-state index is 0.0980. The Balaban J connectivity index is 1.33. The van der Waals surface area contributed by atoms with Crippen LogP contribution in [-0.4, -0.2) is 17.2 Å². The highest BCUT2D eigenvalue weighted by molar-refractivity contribution is 9.25.